The molecule has 1 saturated heterocycles. The predicted molar refractivity (Wildman–Crippen MR) is 192 cm³/mol. The summed E-state index contributed by atoms with van der Waals surface area (Å²) in [6.45, 7) is 8.23. The Morgan fingerprint density at radius 2 is 1.59 bits per heavy atom. The van der Waals surface area contributed by atoms with Crippen LogP contribution in [0.5, 0.6) is 0 Å². The van der Waals surface area contributed by atoms with Crippen molar-refractivity contribution in [3.8, 4) is 0 Å². The number of rotatable bonds is 13. The molecule has 2 heterocycles. The summed E-state index contributed by atoms with van der Waals surface area (Å²) in [5, 5.41) is 6.14. The molecular formula is C37H45N5O8S. The molecule has 4 rings (SSSR count). The van der Waals surface area contributed by atoms with Crippen LogP contribution in [0.3, 0.4) is 0 Å². The molecule has 1 aliphatic rings. The highest BCUT2D eigenvalue weighted by molar-refractivity contribution is 7.14. The fourth-order valence-corrected chi connectivity index (χ4v) is 6.63. The van der Waals surface area contributed by atoms with Crippen molar-refractivity contribution >= 4 is 47.0 Å². The van der Waals surface area contributed by atoms with Gasteiger partial charge in [-0.2, -0.15) is 4.99 Å². The zero-order chi connectivity index (χ0) is 37.1. The molecule has 3 amide bonds. The SMILES string of the molecule is CC(=O)OC(C)OC(=O)/N=C(\N)c1ccc(CNC(=O)[C@@H]2CCCN2C(=O)[C@H](NCC(=O)OC(C)(C)C)C(c2ccccc2)c2ccccc2)s1. The van der Waals surface area contributed by atoms with Crippen LogP contribution in [0.1, 0.15) is 74.3 Å². The lowest BCUT2D eigenvalue weighted by atomic mass is 9.84. The number of nitrogens with one attached hydrogen (secondary N) is 2. The van der Waals surface area contributed by atoms with Crippen molar-refractivity contribution in [2.75, 3.05) is 13.1 Å². The van der Waals surface area contributed by atoms with Crippen LogP contribution >= 0.6 is 11.3 Å². The molecular weight excluding hydrogens is 675 g/mol. The van der Waals surface area contributed by atoms with E-state index in [0.717, 1.165) is 16.0 Å². The van der Waals surface area contributed by atoms with Gasteiger partial charge in [-0.3, -0.25) is 24.5 Å². The third-order valence-corrected chi connectivity index (χ3v) is 8.91. The normalized spacial score (nSPS) is 15.9. The maximum Gasteiger partial charge on any atom is 0.438 e. The number of ether oxygens (including phenoxy) is 3. The Labute approximate surface area is 301 Å². The minimum Gasteiger partial charge on any atom is -0.459 e. The van der Waals surface area contributed by atoms with Crippen molar-refractivity contribution in [2.45, 2.75) is 83.9 Å². The first kappa shape index (κ1) is 38.7. The van der Waals surface area contributed by atoms with Crippen LogP contribution in [-0.2, 0) is 39.9 Å². The molecule has 0 saturated carbocycles. The lowest BCUT2D eigenvalue weighted by Crippen LogP contribution is -2.55. The summed E-state index contributed by atoms with van der Waals surface area (Å²) in [4.78, 5) is 70.6. The molecule has 3 aromatic rings. The smallest absolute Gasteiger partial charge is 0.438 e. The van der Waals surface area contributed by atoms with E-state index in [0.29, 0.717) is 24.3 Å². The van der Waals surface area contributed by atoms with Crippen molar-refractivity contribution in [3.05, 3.63) is 93.7 Å². The molecule has 0 spiro atoms. The molecule has 13 nitrogen and oxygen atoms in total. The van der Waals surface area contributed by atoms with Gasteiger partial charge in [0.25, 0.3) is 0 Å². The number of aliphatic imine (C=N–C) groups is 1. The number of thiophene rings is 1. The number of nitrogens with two attached hydrogens (primary N) is 1. The fourth-order valence-electron chi connectivity index (χ4n) is 5.78. The summed E-state index contributed by atoms with van der Waals surface area (Å²) in [6, 6.07) is 21.0. The zero-order valence-corrected chi connectivity index (χ0v) is 30.2. The van der Waals surface area contributed by atoms with Crippen molar-refractivity contribution in [1.29, 1.82) is 0 Å². The van der Waals surface area contributed by atoms with Gasteiger partial charge in [-0.05, 0) is 56.9 Å². The topological polar surface area (TPSA) is 179 Å². The molecule has 4 N–H and O–H groups in total. The van der Waals surface area contributed by atoms with E-state index in [2.05, 4.69) is 15.6 Å². The summed E-state index contributed by atoms with van der Waals surface area (Å²) in [5.74, 6) is -2.29. The van der Waals surface area contributed by atoms with Crippen molar-refractivity contribution in [1.82, 2.24) is 15.5 Å². The van der Waals surface area contributed by atoms with E-state index in [1.165, 1.54) is 25.2 Å². The second-order valence-electron chi connectivity index (χ2n) is 13.0. The van der Waals surface area contributed by atoms with Gasteiger partial charge in [0.2, 0.25) is 18.1 Å². The van der Waals surface area contributed by atoms with Gasteiger partial charge in [0.1, 0.15) is 17.5 Å². The van der Waals surface area contributed by atoms with Crippen LogP contribution in [0.4, 0.5) is 4.79 Å². The summed E-state index contributed by atoms with van der Waals surface area (Å²) in [7, 11) is 0. The molecule has 1 aromatic heterocycles. The number of amides is 3. The molecule has 2 aromatic carbocycles. The molecule has 14 heteroatoms. The van der Waals surface area contributed by atoms with Gasteiger partial charge in [0, 0.05) is 31.2 Å². The fraction of sp³-hybridized carbons (Fsp3) is 0.405. The van der Waals surface area contributed by atoms with Crippen LogP contribution in [0.15, 0.2) is 77.8 Å². The third kappa shape index (κ3) is 11.5. The summed E-state index contributed by atoms with van der Waals surface area (Å²) >= 11 is 1.22. The number of hydrogen-bond acceptors (Lipinski definition) is 10. The number of hydrogen-bond donors (Lipinski definition) is 3. The molecule has 1 unspecified atom stereocenters. The van der Waals surface area contributed by atoms with Crippen LogP contribution < -0.4 is 16.4 Å². The van der Waals surface area contributed by atoms with Crippen LogP contribution in [-0.4, -0.2) is 77.6 Å². The Kier molecular flexibility index (Phi) is 13.5. The number of amidine groups is 1. The number of carbonyl (C=O) groups is 5. The standard InChI is InChI=1S/C37H45N5O8S/c1-23(43)48-24(2)49-36(47)41-33(38)29-19-18-27(51-29)21-40-34(45)28-17-12-20-42(28)35(46)32(39-22-30(44)50-37(3,4)5)31(25-13-8-6-9-14-25)26-15-10-7-11-16-26/h6-11,13-16,18-19,24,28,31-32,39H,12,17,20-22H2,1-5H3,(H,40,45)(H2,38,41,47)/t24?,28-,32+/m0/s1. The number of likely N-dealkylation sites (tertiary alicyclic amines) is 1. The molecule has 272 valence electrons. The molecule has 0 radical (unpaired) electrons. The molecule has 3 atom stereocenters. The monoisotopic (exact) mass is 719 g/mol. The maximum absolute atomic E-state index is 14.6. The van der Waals surface area contributed by atoms with E-state index in [1.807, 2.05) is 60.7 Å². The van der Waals surface area contributed by atoms with E-state index < -0.39 is 47.9 Å². The molecule has 1 aliphatic heterocycles. The van der Waals surface area contributed by atoms with Gasteiger partial charge in [-0.15, -0.1) is 11.3 Å². The second-order valence-corrected chi connectivity index (χ2v) is 14.1. The lowest BCUT2D eigenvalue weighted by molar-refractivity contribution is -0.161. The molecule has 1 fully saturated rings. The largest absolute Gasteiger partial charge is 0.459 e. The predicted octanol–water partition coefficient (Wildman–Crippen LogP) is 4.24. The highest BCUT2D eigenvalue weighted by Crippen LogP contribution is 2.31. The summed E-state index contributed by atoms with van der Waals surface area (Å²) in [5.41, 5.74) is 7.04. The minimum absolute atomic E-state index is 0.0959. The average Bonchev–Trinajstić information content (AvgIpc) is 3.75. The van der Waals surface area contributed by atoms with Gasteiger partial charge in [-0.25, -0.2) is 4.79 Å². The van der Waals surface area contributed by atoms with Crippen molar-refractivity contribution in [3.63, 3.8) is 0 Å². The number of benzene rings is 2. The Bertz CT molecular complexity index is 1670. The highest BCUT2D eigenvalue weighted by Gasteiger charge is 2.41. The first-order valence-electron chi connectivity index (χ1n) is 16.7. The van der Waals surface area contributed by atoms with E-state index in [4.69, 9.17) is 19.9 Å². The molecule has 51 heavy (non-hydrogen) atoms. The molecule has 0 bridgehead atoms. The first-order valence-corrected chi connectivity index (χ1v) is 17.5. The van der Waals surface area contributed by atoms with E-state index >= 15 is 0 Å². The Morgan fingerprint density at radius 3 is 2.18 bits per heavy atom. The van der Waals surface area contributed by atoms with E-state index in [9.17, 15) is 24.0 Å². The summed E-state index contributed by atoms with van der Waals surface area (Å²) < 4.78 is 15.2. The second kappa shape index (κ2) is 17.7. The third-order valence-electron chi connectivity index (χ3n) is 7.80. The Hall–Kier alpha value is -5.08. The minimum atomic E-state index is -1.12. The van der Waals surface area contributed by atoms with Crippen LogP contribution in [0.25, 0.3) is 0 Å². The summed E-state index contributed by atoms with van der Waals surface area (Å²) in [6.07, 6.45) is -1.04. The maximum atomic E-state index is 14.6. The molecule has 0 aliphatic carbocycles. The van der Waals surface area contributed by atoms with Gasteiger partial charge >= 0.3 is 18.0 Å². The lowest BCUT2D eigenvalue weighted by Gasteiger charge is -2.34. The number of carbonyl (C=O) groups excluding carboxylic acids is 5. The quantitative estimate of drug-likeness (QED) is 0.100. The van der Waals surface area contributed by atoms with Gasteiger partial charge in [0.05, 0.1) is 24.0 Å². The van der Waals surface area contributed by atoms with Crippen LogP contribution in [0, 0.1) is 0 Å². The van der Waals surface area contributed by atoms with Gasteiger partial charge < -0.3 is 30.2 Å². The average molecular weight is 720 g/mol. The zero-order valence-electron chi connectivity index (χ0n) is 29.4. The van der Waals surface area contributed by atoms with Crippen LogP contribution in [0.2, 0.25) is 0 Å². The van der Waals surface area contributed by atoms with Crippen molar-refractivity contribution in [2.24, 2.45) is 10.7 Å². The highest BCUT2D eigenvalue weighted by atomic mass is 32.1. The van der Waals surface area contributed by atoms with E-state index in [1.54, 1.807) is 37.8 Å². The Morgan fingerprint density at radius 1 is 0.961 bits per heavy atom. The van der Waals surface area contributed by atoms with E-state index in [-0.39, 0.29) is 30.7 Å². The Balaban J connectivity index is 1.49. The number of esters is 2. The first-order chi connectivity index (χ1) is 24.2. The number of nitrogens with zero attached hydrogens (tertiary/aromatic N) is 2. The van der Waals surface area contributed by atoms with Gasteiger partial charge in [0.15, 0.2) is 0 Å². The van der Waals surface area contributed by atoms with Crippen molar-refractivity contribution < 1.29 is 38.2 Å². The van der Waals surface area contributed by atoms with Gasteiger partial charge in [-0.1, -0.05) is 60.7 Å².